The second kappa shape index (κ2) is 17.1. The van der Waals surface area contributed by atoms with E-state index in [1.54, 1.807) is 47.6 Å². The third-order valence-corrected chi connectivity index (χ3v) is 7.59. The molecule has 3 aromatic carbocycles. The number of aryl methyl sites for hydroxylation is 2. The molecule has 0 aliphatic heterocycles. The highest BCUT2D eigenvalue weighted by molar-refractivity contribution is 5.94. The number of carbonyl (C=O) groups excluding carboxylic acids is 4. The number of rotatable bonds is 13. The van der Waals surface area contributed by atoms with Crippen LogP contribution in [0.4, 0.5) is 4.79 Å². The van der Waals surface area contributed by atoms with Gasteiger partial charge < -0.3 is 30.1 Å². The van der Waals surface area contributed by atoms with Crippen molar-refractivity contribution in [2.75, 3.05) is 13.2 Å². The molecule has 0 heterocycles. The van der Waals surface area contributed by atoms with Crippen molar-refractivity contribution in [3.05, 3.63) is 107 Å². The molecule has 0 saturated heterocycles. The lowest BCUT2D eigenvalue weighted by Crippen LogP contribution is -2.56. The Bertz CT molecular complexity index is 1560. The van der Waals surface area contributed by atoms with Gasteiger partial charge in [-0.05, 0) is 83.2 Å². The maximum Gasteiger partial charge on any atom is 0.408 e. The summed E-state index contributed by atoms with van der Waals surface area (Å²) in [5.74, 6) is -1.89. The Kier molecular flexibility index (Phi) is 13.5. The van der Waals surface area contributed by atoms with Crippen LogP contribution < -0.4 is 10.6 Å². The summed E-state index contributed by atoms with van der Waals surface area (Å²) in [6.07, 6.45) is -0.562. The number of nitrogens with zero attached hydrogens (tertiary/aromatic N) is 1. The van der Waals surface area contributed by atoms with Gasteiger partial charge >= 0.3 is 12.1 Å². The Morgan fingerprint density at radius 3 is 1.73 bits per heavy atom. The highest BCUT2D eigenvalue weighted by atomic mass is 16.6. The third-order valence-electron chi connectivity index (χ3n) is 7.59. The topological polar surface area (TPSA) is 134 Å². The highest BCUT2D eigenvalue weighted by Crippen LogP contribution is 2.26. The molecule has 10 heteroatoms. The van der Waals surface area contributed by atoms with Gasteiger partial charge in [-0.15, -0.1) is 0 Å². The van der Waals surface area contributed by atoms with Crippen LogP contribution in [0.1, 0.15) is 75.4 Å². The Hall–Kier alpha value is -4.70. The van der Waals surface area contributed by atoms with Crippen molar-refractivity contribution in [3.63, 3.8) is 0 Å². The Balaban J connectivity index is 2.10. The van der Waals surface area contributed by atoms with Crippen molar-refractivity contribution in [1.29, 1.82) is 0 Å². The van der Waals surface area contributed by atoms with E-state index in [1.807, 2.05) is 86.6 Å². The first-order valence-electron chi connectivity index (χ1n) is 16.6. The van der Waals surface area contributed by atoms with E-state index in [4.69, 9.17) is 9.47 Å². The van der Waals surface area contributed by atoms with Crippen LogP contribution in [0.2, 0.25) is 0 Å². The van der Waals surface area contributed by atoms with Crippen LogP contribution >= 0.6 is 0 Å². The fourth-order valence-electron chi connectivity index (χ4n) is 5.25. The lowest BCUT2D eigenvalue weighted by Gasteiger charge is -2.35. The van der Waals surface area contributed by atoms with Gasteiger partial charge in [0.2, 0.25) is 11.8 Å². The van der Waals surface area contributed by atoms with Gasteiger partial charge in [-0.2, -0.15) is 0 Å². The van der Waals surface area contributed by atoms with Crippen LogP contribution in [0.25, 0.3) is 0 Å². The van der Waals surface area contributed by atoms with Gasteiger partial charge in [-0.1, -0.05) is 78.9 Å². The molecule has 3 rings (SSSR count). The lowest BCUT2D eigenvalue weighted by atomic mass is 9.96. The molecule has 264 valence electrons. The number of hydrogen-bond donors (Lipinski definition) is 3. The van der Waals surface area contributed by atoms with Crippen LogP contribution in [-0.2, 0) is 36.7 Å². The van der Waals surface area contributed by atoms with E-state index in [0.29, 0.717) is 5.56 Å². The van der Waals surface area contributed by atoms with E-state index >= 15 is 0 Å². The highest BCUT2D eigenvalue weighted by Gasteiger charge is 2.38. The number of nitrogens with one attached hydrogen (secondary N) is 2. The minimum Gasteiger partial charge on any atom is -0.458 e. The molecule has 0 radical (unpaired) electrons. The number of aliphatic hydroxyl groups excluding tert-OH is 1. The fraction of sp³-hybridized carbons (Fsp3) is 0.436. The molecule has 0 fully saturated rings. The maximum atomic E-state index is 14.6. The van der Waals surface area contributed by atoms with Crippen LogP contribution in [0.3, 0.4) is 0 Å². The van der Waals surface area contributed by atoms with Gasteiger partial charge in [0, 0.05) is 19.4 Å². The molecule has 3 N–H and O–H groups in total. The normalized spacial score (nSPS) is 13.4. The minimum atomic E-state index is -1.28. The lowest BCUT2D eigenvalue weighted by molar-refractivity contribution is -0.159. The fourth-order valence-corrected chi connectivity index (χ4v) is 5.25. The first-order chi connectivity index (χ1) is 23.0. The van der Waals surface area contributed by atoms with Crippen molar-refractivity contribution in [3.8, 4) is 0 Å². The van der Waals surface area contributed by atoms with Gasteiger partial charge in [0.25, 0.3) is 0 Å². The van der Waals surface area contributed by atoms with Gasteiger partial charge in [0.1, 0.15) is 29.3 Å². The predicted octanol–water partition coefficient (Wildman–Crippen LogP) is 5.37. The minimum absolute atomic E-state index is 0.0939. The van der Waals surface area contributed by atoms with E-state index in [-0.39, 0.29) is 19.4 Å². The number of carbonyl (C=O) groups is 4. The summed E-state index contributed by atoms with van der Waals surface area (Å²) in [7, 11) is 0. The zero-order chi connectivity index (χ0) is 36.4. The molecular formula is C39H51N3O7. The van der Waals surface area contributed by atoms with Gasteiger partial charge in [-0.3, -0.25) is 9.59 Å². The van der Waals surface area contributed by atoms with Crippen LogP contribution in [0.15, 0.2) is 78.9 Å². The Labute approximate surface area is 290 Å². The largest absolute Gasteiger partial charge is 0.458 e. The molecule has 0 saturated carbocycles. The van der Waals surface area contributed by atoms with Crippen molar-refractivity contribution >= 4 is 23.9 Å². The molecule has 49 heavy (non-hydrogen) atoms. The summed E-state index contributed by atoms with van der Waals surface area (Å²) in [5, 5.41) is 15.8. The number of ether oxygens (including phenoxy) is 2. The summed E-state index contributed by atoms with van der Waals surface area (Å²) in [6.45, 7) is 13.5. The van der Waals surface area contributed by atoms with Crippen LogP contribution in [0, 0.1) is 13.8 Å². The standard InChI is InChI=1S/C39H51N3O7/c1-26-19-20-30(23-27(26)2)33(34(44)40-32(36(46)48-38(3,4)5)25-29-17-13-10-14-18-29)42(21-22-43)35(45)31(24-28-15-11-9-12-16-28)41-37(47)49-39(6,7)8/h9-20,23,31-33,43H,21-22,24-25H2,1-8H3,(H,40,44)(H,41,47). The maximum absolute atomic E-state index is 14.6. The molecule has 0 aliphatic carbocycles. The molecule has 10 nitrogen and oxygen atoms in total. The second-order valence-corrected chi connectivity index (χ2v) is 14.2. The number of hydrogen-bond acceptors (Lipinski definition) is 7. The third kappa shape index (κ3) is 12.4. The van der Waals surface area contributed by atoms with Gasteiger partial charge in [-0.25, -0.2) is 9.59 Å². The summed E-state index contributed by atoms with van der Waals surface area (Å²) in [4.78, 5) is 56.9. The monoisotopic (exact) mass is 673 g/mol. The molecule has 3 amide bonds. The zero-order valence-corrected chi connectivity index (χ0v) is 29.9. The SMILES string of the molecule is Cc1ccc(C(C(=O)NC(Cc2ccccc2)C(=O)OC(C)(C)C)N(CCO)C(=O)C(Cc2ccccc2)NC(=O)OC(C)(C)C)cc1C. The summed E-state index contributed by atoms with van der Waals surface area (Å²) < 4.78 is 11.2. The zero-order valence-electron chi connectivity index (χ0n) is 29.9. The van der Waals surface area contributed by atoms with Crippen molar-refractivity contribution in [1.82, 2.24) is 15.5 Å². The van der Waals surface area contributed by atoms with Crippen molar-refractivity contribution < 1.29 is 33.8 Å². The first kappa shape index (κ1) is 38.7. The molecular weight excluding hydrogens is 622 g/mol. The first-order valence-corrected chi connectivity index (χ1v) is 16.6. The quantitative estimate of drug-likeness (QED) is 0.208. The molecule has 3 unspecified atom stereocenters. The Morgan fingerprint density at radius 2 is 1.24 bits per heavy atom. The van der Waals surface area contributed by atoms with Crippen LogP contribution in [0.5, 0.6) is 0 Å². The Morgan fingerprint density at radius 1 is 0.714 bits per heavy atom. The average Bonchev–Trinajstić information content (AvgIpc) is 3.01. The smallest absolute Gasteiger partial charge is 0.408 e. The van der Waals surface area contributed by atoms with E-state index in [0.717, 1.165) is 22.3 Å². The molecule has 0 aliphatic rings. The number of aliphatic hydroxyl groups is 1. The molecule has 0 bridgehead atoms. The molecule has 3 atom stereocenters. The van der Waals surface area contributed by atoms with E-state index in [2.05, 4.69) is 10.6 Å². The molecule has 3 aromatic rings. The van der Waals surface area contributed by atoms with E-state index in [9.17, 15) is 24.3 Å². The van der Waals surface area contributed by atoms with E-state index < -0.39 is 59.8 Å². The van der Waals surface area contributed by atoms with Gasteiger partial charge in [0.05, 0.1) is 6.61 Å². The average molecular weight is 674 g/mol. The second-order valence-electron chi connectivity index (χ2n) is 14.2. The van der Waals surface area contributed by atoms with Gasteiger partial charge in [0.15, 0.2) is 0 Å². The molecule has 0 spiro atoms. The van der Waals surface area contributed by atoms with Crippen LogP contribution in [-0.4, -0.2) is 70.3 Å². The predicted molar refractivity (Wildman–Crippen MR) is 189 cm³/mol. The van der Waals surface area contributed by atoms with Crippen molar-refractivity contribution in [2.24, 2.45) is 0 Å². The number of benzene rings is 3. The number of esters is 1. The molecule has 0 aromatic heterocycles. The number of amides is 3. The summed E-state index contributed by atoms with van der Waals surface area (Å²) in [6, 6.07) is 20.3. The van der Waals surface area contributed by atoms with Crippen molar-refractivity contribution in [2.45, 2.75) is 97.6 Å². The number of alkyl carbamates (subject to hydrolysis) is 1. The summed E-state index contributed by atoms with van der Waals surface area (Å²) >= 11 is 0. The summed E-state index contributed by atoms with van der Waals surface area (Å²) in [5.41, 5.74) is 2.25. The van der Waals surface area contributed by atoms with E-state index in [1.165, 1.54) is 4.90 Å².